The van der Waals surface area contributed by atoms with Gasteiger partial charge in [-0.2, -0.15) is 18.3 Å². The summed E-state index contributed by atoms with van der Waals surface area (Å²) in [6, 6.07) is 14.6. The third kappa shape index (κ3) is 6.98. The molecular weight excluding hydrogens is 617 g/mol. The fourth-order valence-electron chi connectivity index (χ4n) is 5.04. The molecule has 0 radical (unpaired) electrons. The summed E-state index contributed by atoms with van der Waals surface area (Å²) in [6.45, 7) is 1.15. The number of piperazine rings is 1. The second-order valence-corrected chi connectivity index (χ2v) is 10.6. The lowest BCUT2D eigenvalue weighted by Crippen LogP contribution is -2.49. The summed E-state index contributed by atoms with van der Waals surface area (Å²) in [6.07, 6.45) is 0.968. The Bertz CT molecular complexity index is 1910. The van der Waals surface area contributed by atoms with Gasteiger partial charge < -0.3 is 25.0 Å². The first kappa shape index (κ1) is 31.0. The number of ether oxygens (including phenoxy) is 1. The highest BCUT2D eigenvalue weighted by Crippen LogP contribution is 2.33. The Labute approximate surface area is 266 Å². The number of halogens is 3. The molecule has 240 valence electrons. The third-order valence-electron chi connectivity index (χ3n) is 7.52. The topological polar surface area (TPSA) is 139 Å². The molecule has 6 rings (SSSR count). The Kier molecular flexibility index (Phi) is 8.44. The van der Waals surface area contributed by atoms with Crippen LogP contribution in [0.3, 0.4) is 0 Å². The number of nitrogens with zero attached hydrogens (tertiary/aromatic N) is 7. The maximum Gasteiger partial charge on any atom is 0.416 e. The van der Waals surface area contributed by atoms with Crippen LogP contribution in [0.2, 0.25) is 0 Å². The number of nitrogens with one attached hydrogen (secondary N) is 1. The number of methoxy groups -OCH3 is 1. The number of aromatic hydroxyl groups is 1. The first-order chi connectivity index (χ1) is 22.6. The van der Waals surface area contributed by atoms with E-state index in [4.69, 9.17) is 4.74 Å². The van der Waals surface area contributed by atoms with Gasteiger partial charge in [-0.3, -0.25) is 14.6 Å². The quantitative estimate of drug-likeness (QED) is 0.259. The van der Waals surface area contributed by atoms with E-state index in [-0.39, 0.29) is 35.8 Å². The predicted molar refractivity (Wildman–Crippen MR) is 165 cm³/mol. The van der Waals surface area contributed by atoms with E-state index in [1.54, 1.807) is 43.5 Å². The Morgan fingerprint density at radius 2 is 1.66 bits per heavy atom. The largest absolute Gasteiger partial charge is 0.506 e. The number of hydrogen-bond acceptors (Lipinski definition) is 9. The second kappa shape index (κ2) is 12.8. The van der Waals surface area contributed by atoms with Gasteiger partial charge >= 0.3 is 6.18 Å². The van der Waals surface area contributed by atoms with Crippen molar-refractivity contribution in [2.24, 2.45) is 0 Å². The first-order valence-electron chi connectivity index (χ1n) is 14.3. The number of carbonyl (C=O) groups excluding carboxylic acids is 2. The number of aromatic nitrogens is 5. The fourth-order valence-corrected chi connectivity index (χ4v) is 5.04. The van der Waals surface area contributed by atoms with Crippen molar-refractivity contribution in [2.45, 2.75) is 6.18 Å². The van der Waals surface area contributed by atoms with Gasteiger partial charge in [0.15, 0.2) is 11.5 Å². The second-order valence-electron chi connectivity index (χ2n) is 10.6. The Morgan fingerprint density at radius 1 is 0.894 bits per heavy atom. The minimum atomic E-state index is -4.70. The van der Waals surface area contributed by atoms with Crippen molar-refractivity contribution < 1.29 is 32.6 Å². The molecule has 0 spiro atoms. The maximum absolute atomic E-state index is 13.9. The van der Waals surface area contributed by atoms with Gasteiger partial charge in [0.1, 0.15) is 11.5 Å². The molecule has 2 N–H and O–H groups in total. The van der Waals surface area contributed by atoms with E-state index in [0.29, 0.717) is 41.5 Å². The molecule has 47 heavy (non-hydrogen) atoms. The van der Waals surface area contributed by atoms with Crippen molar-refractivity contribution in [3.63, 3.8) is 0 Å². The van der Waals surface area contributed by atoms with E-state index in [1.807, 2.05) is 4.90 Å². The van der Waals surface area contributed by atoms with Crippen LogP contribution in [0.25, 0.3) is 16.8 Å². The van der Waals surface area contributed by atoms with E-state index in [1.165, 1.54) is 46.5 Å². The normalized spacial score (nSPS) is 13.4. The molecule has 2 aromatic carbocycles. The number of rotatable bonds is 7. The van der Waals surface area contributed by atoms with Crippen LogP contribution >= 0.6 is 0 Å². The molecule has 4 heterocycles. The van der Waals surface area contributed by atoms with Crippen LogP contribution in [-0.2, 0) is 6.18 Å². The zero-order chi connectivity index (χ0) is 33.1. The summed E-state index contributed by atoms with van der Waals surface area (Å²) in [5, 5.41) is 24.9. The van der Waals surface area contributed by atoms with Gasteiger partial charge in [0, 0.05) is 61.0 Å². The molecule has 5 aromatic rings. The highest BCUT2D eigenvalue weighted by Gasteiger charge is 2.33. The van der Waals surface area contributed by atoms with E-state index in [0.717, 1.165) is 12.1 Å². The summed E-state index contributed by atoms with van der Waals surface area (Å²) in [5.74, 6) is 0.0861. The Morgan fingerprint density at radius 3 is 2.32 bits per heavy atom. The average Bonchev–Trinajstić information content (AvgIpc) is 3.59. The van der Waals surface area contributed by atoms with Gasteiger partial charge in [-0.25, -0.2) is 4.68 Å². The predicted octanol–water partition coefficient (Wildman–Crippen LogP) is 4.67. The summed E-state index contributed by atoms with van der Waals surface area (Å²) in [5.41, 5.74) is 0.646. The molecule has 0 unspecified atom stereocenters. The minimum absolute atomic E-state index is 0.0487. The van der Waals surface area contributed by atoms with Gasteiger partial charge in [0.05, 0.1) is 30.8 Å². The third-order valence-corrected chi connectivity index (χ3v) is 7.52. The van der Waals surface area contributed by atoms with Crippen LogP contribution < -0.4 is 15.0 Å². The molecule has 0 saturated carbocycles. The van der Waals surface area contributed by atoms with Gasteiger partial charge in [-0.15, -0.1) is 10.2 Å². The van der Waals surface area contributed by atoms with Crippen molar-refractivity contribution >= 4 is 23.3 Å². The SMILES string of the molecule is COc1ccc(NC(=O)c2ccc(N3CCN(C(=O)c4cc(-n5cc(-c6cncc(O)c6)cn5)cc(C(F)(F)F)c4)CC3)nn2)cc1. The van der Waals surface area contributed by atoms with Crippen LogP contribution in [0.1, 0.15) is 26.4 Å². The number of hydrogen-bond donors (Lipinski definition) is 2. The van der Waals surface area contributed by atoms with Crippen molar-refractivity contribution in [1.29, 1.82) is 0 Å². The average molecular weight is 645 g/mol. The van der Waals surface area contributed by atoms with E-state index in [9.17, 15) is 27.9 Å². The summed E-state index contributed by atoms with van der Waals surface area (Å²) in [4.78, 5) is 33.3. The van der Waals surface area contributed by atoms with Gasteiger partial charge in [-0.05, 0) is 60.7 Å². The number of alkyl halides is 3. The standard InChI is InChI=1S/C32H27F3N8O4/c1-47-27-4-2-24(3-5-27)38-30(45)28-6-7-29(40-39-28)41-8-10-42(11-9-41)31(46)20-12-23(32(33,34)35)15-25(13-20)43-19-22(17-37-43)21-14-26(44)18-36-16-21/h2-7,12-19,44H,8-11H2,1H3,(H,38,45). The van der Waals surface area contributed by atoms with Crippen LogP contribution in [0.4, 0.5) is 24.7 Å². The molecule has 0 atom stereocenters. The fraction of sp³-hybridized carbons (Fsp3) is 0.188. The molecule has 12 nitrogen and oxygen atoms in total. The molecule has 1 fully saturated rings. The lowest BCUT2D eigenvalue weighted by molar-refractivity contribution is -0.137. The highest BCUT2D eigenvalue weighted by molar-refractivity contribution is 6.02. The first-order valence-corrected chi connectivity index (χ1v) is 14.3. The summed E-state index contributed by atoms with van der Waals surface area (Å²) in [7, 11) is 1.55. The summed E-state index contributed by atoms with van der Waals surface area (Å²) < 4.78 is 48.0. The summed E-state index contributed by atoms with van der Waals surface area (Å²) >= 11 is 0. The Balaban J connectivity index is 1.13. The van der Waals surface area contributed by atoms with E-state index >= 15 is 0 Å². The zero-order valence-electron chi connectivity index (χ0n) is 24.8. The minimum Gasteiger partial charge on any atom is -0.506 e. The van der Waals surface area contributed by atoms with Crippen molar-refractivity contribution in [3.05, 3.63) is 102 Å². The van der Waals surface area contributed by atoms with Crippen molar-refractivity contribution in [3.8, 4) is 28.3 Å². The molecule has 0 bridgehead atoms. The Hall–Kier alpha value is -5.99. The highest BCUT2D eigenvalue weighted by atomic mass is 19.4. The van der Waals surface area contributed by atoms with E-state index < -0.39 is 23.6 Å². The molecule has 0 aliphatic carbocycles. The molecule has 15 heteroatoms. The lowest BCUT2D eigenvalue weighted by atomic mass is 10.1. The molecule has 1 aliphatic heterocycles. The molecular formula is C32H27F3N8O4. The van der Waals surface area contributed by atoms with E-state index in [2.05, 4.69) is 25.6 Å². The zero-order valence-corrected chi connectivity index (χ0v) is 24.8. The molecule has 1 aliphatic rings. The van der Waals surface area contributed by atoms with Crippen molar-refractivity contribution in [1.82, 2.24) is 29.9 Å². The lowest BCUT2D eigenvalue weighted by Gasteiger charge is -2.35. The van der Waals surface area contributed by atoms with Crippen LogP contribution in [0, 0.1) is 0 Å². The number of anilines is 2. The van der Waals surface area contributed by atoms with Crippen LogP contribution in [0.5, 0.6) is 11.5 Å². The van der Waals surface area contributed by atoms with Crippen molar-refractivity contribution in [2.75, 3.05) is 43.5 Å². The number of amides is 2. The molecule has 1 saturated heterocycles. The van der Waals surface area contributed by atoms with Gasteiger partial charge in [0.25, 0.3) is 11.8 Å². The van der Waals surface area contributed by atoms with Gasteiger partial charge in [0.2, 0.25) is 0 Å². The maximum atomic E-state index is 13.9. The van der Waals surface area contributed by atoms with Gasteiger partial charge in [-0.1, -0.05) is 0 Å². The smallest absolute Gasteiger partial charge is 0.416 e. The number of carbonyl (C=O) groups is 2. The molecule has 3 aromatic heterocycles. The molecule has 2 amide bonds. The number of benzene rings is 2. The van der Waals surface area contributed by atoms with Crippen LogP contribution in [-0.4, -0.2) is 80.1 Å². The monoisotopic (exact) mass is 644 g/mol. The number of pyridine rings is 1. The van der Waals surface area contributed by atoms with Crippen LogP contribution in [0.15, 0.2) is 85.5 Å².